The predicted molar refractivity (Wildman–Crippen MR) is 75.8 cm³/mol. The Morgan fingerprint density at radius 3 is 1.56 bits per heavy atom. The molecule has 0 aliphatic heterocycles. The molecule has 0 saturated heterocycles. The van der Waals surface area contributed by atoms with E-state index in [1.807, 2.05) is 0 Å². The second-order valence-electron chi connectivity index (χ2n) is 7.72. The maximum absolute atomic E-state index is 2.43. The van der Waals surface area contributed by atoms with Crippen LogP contribution < -0.4 is 0 Å². The highest BCUT2D eigenvalue weighted by Crippen LogP contribution is 2.52. The molecule has 0 amide bonds. The third-order valence-corrected chi connectivity index (χ3v) is 4.15. The van der Waals surface area contributed by atoms with Crippen molar-refractivity contribution in [1.82, 2.24) is 0 Å². The van der Waals surface area contributed by atoms with Gasteiger partial charge in [-0.25, -0.2) is 0 Å². The molecule has 0 aliphatic rings. The summed E-state index contributed by atoms with van der Waals surface area (Å²) in [6.07, 6.45) is 6.75. The van der Waals surface area contributed by atoms with Crippen molar-refractivity contribution in [1.29, 1.82) is 0 Å². The van der Waals surface area contributed by atoms with E-state index >= 15 is 0 Å². The van der Waals surface area contributed by atoms with Crippen LogP contribution in [0.3, 0.4) is 0 Å². The Morgan fingerprint density at radius 2 is 1.31 bits per heavy atom. The van der Waals surface area contributed by atoms with Gasteiger partial charge in [0.15, 0.2) is 0 Å². The number of unbranched alkanes of at least 4 members (excludes halogenated alkanes) is 1. The first-order chi connectivity index (χ1) is 7.08. The van der Waals surface area contributed by atoms with Crippen LogP contribution in [0.2, 0.25) is 0 Å². The molecule has 0 heteroatoms. The van der Waals surface area contributed by atoms with Crippen molar-refractivity contribution in [3.63, 3.8) is 0 Å². The average Bonchev–Trinajstić information content (AvgIpc) is 2.08. The first kappa shape index (κ1) is 16.0. The van der Waals surface area contributed by atoms with Gasteiger partial charge in [-0.05, 0) is 35.5 Å². The summed E-state index contributed by atoms with van der Waals surface area (Å²) in [5, 5.41) is 0. The molecule has 16 heavy (non-hydrogen) atoms. The lowest BCUT2D eigenvalue weighted by atomic mass is 9.57. The molecular formula is C16H34. The van der Waals surface area contributed by atoms with Gasteiger partial charge in [-0.3, -0.25) is 0 Å². The van der Waals surface area contributed by atoms with Crippen LogP contribution in [0.1, 0.15) is 87.5 Å². The zero-order valence-corrected chi connectivity index (χ0v) is 13.0. The van der Waals surface area contributed by atoms with Gasteiger partial charge in [0.05, 0.1) is 0 Å². The van der Waals surface area contributed by atoms with E-state index in [0.717, 1.165) is 0 Å². The molecule has 0 spiro atoms. The molecule has 0 nitrogen and oxygen atoms in total. The second kappa shape index (κ2) is 5.56. The Balaban J connectivity index is 4.97. The lowest BCUT2D eigenvalue weighted by molar-refractivity contribution is 0.0194. The van der Waals surface area contributed by atoms with E-state index in [-0.39, 0.29) is 0 Å². The molecule has 0 saturated carbocycles. The average molecular weight is 226 g/mol. The summed E-state index contributed by atoms with van der Waals surface area (Å²) >= 11 is 0. The quantitative estimate of drug-likeness (QED) is 0.535. The van der Waals surface area contributed by atoms with Crippen LogP contribution in [0.25, 0.3) is 0 Å². The fraction of sp³-hybridized carbons (Fsp3) is 1.00. The summed E-state index contributed by atoms with van der Waals surface area (Å²) in [6.45, 7) is 19.1. The van der Waals surface area contributed by atoms with Gasteiger partial charge in [0.1, 0.15) is 0 Å². The van der Waals surface area contributed by atoms with Crippen LogP contribution in [-0.2, 0) is 0 Å². The molecule has 0 N–H and O–H groups in total. The monoisotopic (exact) mass is 226 g/mol. The minimum atomic E-state index is 0.421. The lowest BCUT2D eigenvalue weighted by Crippen LogP contribution is -2.38. The summed E-state index contributed by atoms with van der Waals surface area (Å²) in [7, 11) is 0. The summed E-state index contributed by atoms with van der Waals surface area (Å²) in [5.41, 5.74) is 1.38. The molecule has 0 bridgehead atoms. The fourth-order valence-electron chi connectivity index (χ4n) is 3.09. The zero-order chi connectivity index (χ0) is 13.0. The minimum absolute atomic E-state index is 0.421. The fourth-order valence-corrected chi connectivity index (χ4v) is 3.09. The van der Waals surface area contributed by atoms with E-state index in [4.69, 9.17) is 0 Å². The van der Waals surface area contributed by atoms with Crippen molar-refractivity contribution >= 4 is 0 Å². The van der Waals surface area contributed by atoms with Crippen molar-refractivity contribution in [2.75, 3.05) is 0 Å². The number of hydrogen-bond donors (Lipinski definition) is 0. The van der Waals surface area contributed by atoms with Crippen LogP contribution in [0.4, 0.5) is 0 Å². The van der Waals surface area contributed by atoms with Gasteiger partial charge in [-0.1, -0.05) is 68.2 Å². The molecule has 0 aromatic rings. The normalized spacial score (nSPS) is 17.2. The first-order valence-corrected chi connectivity index (χ1v) is 7.08. The van der Waals surface area contributed by atoms with Crippen LogP contribution >= 0.6 is 0 Å². The maximum Gasteiger partial charge on any atom is -0.0246 e. The molecule has 0 aromatic heterocycles. The van der Waals surface area contributed by atoms with E-state index in [0.29, 0.717) is 16.2 Å². The topological polar surface area (TPSA) is 0 Å². The van der Waals surface area contributed by atoms with Gasteiger partial charge in [-0.2, -0.15) is 0 Å². The summed E-state index contributed by atoms with van der Waals surface area (Å²) in [5.74, 6) is 0. The molecule has 0 heterocycles. The van der Waals surface area contributed by atoms with Gasteiger partial charge in [0.25, 0.3) is 0 Å². The van der Waals surface area contributed by atoms with Crippen molar-refractivity contribution < 1.29 is 0 Å². The Bertz CT molecular complexity index is 189. The highest BCUT2D eigenvalue weighted by atomic mass is 14.5. The number of hydrogen-bond acceptors (Lipinski definition) is 0. The van der Waals surface area contributed by atoms with Crippen molar-refractivity contribution in [3.8, 4) is 0 Å². The van der Waals surface area contributed by atoms with Crippen LogP contribution in [0.5, 0.6) is 0 Å². The first-order valence-electron chi connectivity index (χ1n) is 7.08. The van der Waals surface area contributed by atoms with E-state index in [1.54, 1.807) is 0 Å². The Kier molecular flexibility index (Phi) is 5.56. The minimum Gasteiger partial charge on any atom is -0.0654 e. The number of rotatable bonds is 5. The Hall–Kier alpha value is 0. The van der Waals surface area contributed by atoms with Gasteiger partial charge < -0.3 is 0 Å². The van der Waals surface area contributed by atoms with Crippen molar-refractivity contribution in [3.05, 3.63) is 0 Å². The highest BCUT2D eigenvalue weighted by Gasteiger charge is 2.41. The Labute approximate surface area is 104 Å². The molecule has 0 fully saturated rings. The molecular weight excluding hydrogens is 192 g/mol. The Morgan fingerprint density at radius 1 is 0.812 bits per heavy atom. The lowest BCUT2D eigenvalue weighted by Gasteiger charge is -2.48. The summed E-state index contributed by atoms with van der Waals surface area (Å²) in [4.78, 5) is 0. The summed E-state index contributed by atoms with van der Waals surface area (Å²) < 4.78 is 0. The third kappa shape index (κ3) is 4.47. The maximum atomic E-state index is 2.43. The predicted octanol–water partition coefficient (Wildman–Crippen LogP) is 6.06. The summed E-state index contributed by atoms with van der Waals surface area (Å²) in [6, 6.07) is 0. The van der Waals surface area contributed by atoms with Gasteiger partial charge in [0, 0.05) is 0 Å². The molecule has 1 atom stereocenters. The molecule has 0 aromatic carbocycles. The van der Waals surface area contributed by atoms with E-state index in [2.05, 4.69) is 55.4 Å². The SMILES string of the molecule is CCCCC(CC)(CC(C)(C)C)C(C)(C)C. The van der Waals surface area contributed by atoms with Gasteiger partial charge >= 0.3 is 0 Å². The van der Waals surface area contributed by atoms with Crippen molar-refractivity contribution in [2.45, 2.75) is 87.5 Å². The molecule has 1 unspecified atom stereocenters. The van der Waals surface area contributed by atoms with Crippen LogP contribution in [0, 0.1) is 16.2 Å². The second-order valence-corrected chi connectivity index (χ2v) is 7.72. The third-order valence-electron chi connectivity index (χ3n) is 4.15. The highest BCUT2D eigenvalue weighted by molar-refractivity contribution is 4.92. The zero-order valence-electron chi connectivity index (χ0n) is 13.0. The van der Waals surface area contributed by atoms with Crippen molar-refractivity contribution in [2.24, 2.45) is 16.2 Å². The molecule has 98 valence electrons. The molecule has 0 aliphatic carbocycles. The van der Waals surface area contributed by atoms with E-state index in [9.17, 15) is 0 Å². The molecule has 0 radical (unpaired) electrons. The molecule has 0 rings (SSSR count). The smallest absolute Gasteiger partial charge is 0.0246 e. The van der Waals surface area contributed by atoms with E-state index < -0.39 is 0 Å². The van der Waals surface area contributed by atoms with E-state index in [1.165, 1.54) is 32.1 Å². The standard InChI is InChI=1S/C16H34/c1-9-11-12-16(10-2,15(6,7)8)13-14(3,4)5/h9-13H2,1-8H3. The largest absolute Gasteiger partial charge is 0.0654 e. The van der Waals surface area contributed by atoms with Crippen LogP contribution in [0.15, 0.2) is 0 Å². The van der Waals surface area contributed by atoms with Crippen LogP contribution in [-0.4, -0.2) is 0 Å². The van der Waals surface area contributed by atoms with Gasteiger partial charge in [-0.15, -0.1) is 0 Å². The van der Waals surface area contributed by atoms with Gasteiger partial charge in [0.2, 0.25) is 0 Å².